The molecule has 18 heavy (non-hydrogen) atoms. The van der Waals surface area contributed by atoms with E-state index in [2.05, 4.69) is 18.3 Å². The molecular weight excluding hydrogens is 226 g/mol. The maximum absolute atomic E-state index is 9.30. The third kappa shape index (κ3) is 1.93. The average molecular weight is 243 g/mol. The molecule has 0 saturated heterocycles. The minimum Gasteiger partial charge on any atom is -0.497 e. The largest absolute Gasteiger partial charge is 0.497 e. The molecule has 0 aliphatic heterocycles. The summed E-state index contributed by atoms with van der Waals surface area (Å²) in [5.41, 5.74) is 2.79. The number of nitriles is 1. The van der Waals surface area contributed by atoms with Crippen LogP contribution in [0.4, 0.5) is 0 Å². The molecule has 94 valence electrons. The van der Waals surface area contributed by atoms with Crippen molar-refractivity contribution in [1.82, 2.24) is 9.88 Å². The zero-order valence-corrected chi connectivity index (χ0v) is 10.9. The van der Waals surface area contributed by atoms with Crippen LogP contribution < -0.4 is 10.1 Å². The summed E-state index contributed by atoms with van der Waals surface area (Å²) in [6, 6.07) is 8.19. The third-order valence-corrected chi connectivity index (χ3v) is 3.17. The molecule has 4 nitrogen and oxygen atoms in total. The molecule has 0 unspecified atom stereocenters. The van der Waals surface area contributed by atoms with E-state index in [9.17, 15) is 5.26 Å². The lowest BCUT2D eigenvalue weighted by Crippen LogP contribution is -2.12. The van der Waals surface area contributed by atoms with Gasteiger partial charge in [-0.15, -0.1) is 0 Å². The summed E-state index contributed by atoms with van der Waals surface area (Å²) in [6.07, 6.45) is 0. The molecule has 1 heterocycles. The summed E-state index contributed by atoms with van der Waals surface area (Å²) in [6.45, 7) is 3.65. The van der Waals surface area contributed by atoms with Crippen molar-refractivity contribution in [1.29, 1.82) is 5.26 Å². The first-order chi connectivity index (χ1) is 8.72. The Morgan fingerprint density at radius 1 is 1.44 bits per heavy atom. The van der Waals surface area contributed by atoms with Gasteiger partial charge in [-0.3, -0.25) is 0 Å². The predicted molar refractivity (Wildman–Crippen MR) is 71.6 cm³/mol. The lowest BCUT2D eigenvalue weighted by molar-refractivity contribution is 0.415. The summed E-state index contributed by atoms with van der Waals surface area (Å²) < 4.78 is 7.15. The zero-order valence-electron chi connectivity index (χ0n) is 10.9. The Morgan fingerprint density at radius 3 is 2.83 bits per heavy atom. The second-order valence-corrected chi connectivity index (χ2v) is 4.16. The van der Waals surface area contributed by atoms with Gasteiger partial charge in [-0.1, -0.05) is 6.92 Å². The summed E-state index contributed by atoms with van der Waals surface area (Å²) in [7, 11) is 3.56. The highest BCUT2D eigenvalue weighted by Crippen LogP contribution is 2.28. The van der Waals surface area contributed by atoms with Gasteiger partial charge in [-0.25, -0.2) is 0 Å². The van der Waals surface area contributed by atoms with Gasteiger partial charge < -0.3 is 14.6 Å². The van der Waals surface area contributed by atoms with Crippen LogP contribution in [0, 0.1) is 11.3 Å². The SMILES string of the molecule is CCNCc1c(C#N)n(C)c2cc(OC)ccc12. The topological polar surface area (TPSA) is 50.0 Å². The molecule has 1 aromatic heterocycles. The normalized spacial score (nSPS) is 10.6. The van der Waals surface area contributed by atoms with Gasteiger partial charge >= 0.3 is 0 Å². The van der Waals surface area contributed by atoms with Crippen LogP contribution in [0.1, 0.15) is 18.2 Å². The van der Waals surface area contributed by atoms with Gasteiger partial charge in [0.1, 0.15) is 17.5 Å². The Morgan fingerprint density at radius 2 is 2.22 bits per heavy atom. The van der Waals surface area contributed by atoms with Crippen molar-refractivity contribution >= 4 is 10.9 Å². The average Bonchev–Trinajstić information content (AvgIpc) is 2.68. The van der Waals surface area contributed by atoms with E-state index in [1.54, 1.807) is 7.11 Å². The van der Waals surface area contributed by atoms with E-state index in [0.717, 1.165) is 28.8 Å². The Bertz CT molecular complexity index is 608. The van der Waals surface area contributed by atoms with Crippen molar-refractivity contribution < 1.29 is 4.74 Å². The van der Waals surface area contributed by atoms with Crippen molar-refractivity contribution in [2.24, 2.45) is 7.05 Å². The Balaban J connectivity index is 2.64. The molecule has 0 radical (unpaired) electrons. The number of rotatable bonds is 4. The minimum absolute atomic E-state index is 0.708. The van der Waals surface area contributed by atoms with Gasteiger partial charge in [-0.05, 0) is 18.7 Å². The maximum Gasteiger partial charge on any atom is 0.125 e. The fourth-order valence-corrected chi connectivity index (χ4v) is 2.19. The highest BCUT2D eigenvalue weighted by atomic mass is 16.5. The molecule has 0 spiro atoms. The molecule has 0 aliphatic carbocycles. The quantitative estimate of drug-likeness (QED) is 0.895. The number of hydrogen-bond donors (Lipinski definition) is 1. The molecule has 2 rings (SSSR count). The van der Waals surface area contributed by atoms with Crippen molar-refractivity contribution in [3.8, 4) is 11.8 Å². The number of aromatic nitrogens is 1. The molecule has 0 aliphatic rings. The van der Waals surface area contributed by atoms with Gasteiger partial charge in [-0.2, -0.15) is 5.26 Å². The molecule has 4 heteroatoms. The van der Waals surface area contributed by atoms with Crippen LogP contribution in [0.5, 0.6) is 5.75 Å². The molecule has 0 amide bonds. The lowest BCUT2D eigenvalue weighted by atomic mass is 10.1. The first kappa shape index (κ1) is 12.5. The molecule has 1 N–H and O–H groups in total. The fourth-order valence-electron chi connectivity index (χ4n) is 2.19. The van der Waals surface area contributed by atoms with Crippen molar-refractivity contribution in [3.05, 3.63) is 29.5 Å². The van der Waals surface area contributed by atoms with E-state index in [0.29, 0.717) is 12.2 Å². The molecule has 1 aromatic carbocycles. The number of hydrogen-bond acceptors (Lipinski definition) is 3. The smallest absolute Gasteiger partial charge is 0.125 e. The summed E-state index contributed by atoms with van der Waals surface area (Å²) in [5.74, 6) is 0.808. The van der Waals surface area contributed by atoms with E-state index in [1.165, 1.54) is 0 Å². The molecule has 0 atom stereocenters. The van der Waals surface area contributed by atoms with Crippen molar-refractivity contribution in [2.75, 3.05) is 13.7 Å². The number of nitrogens with zero attached hydrogens (tertiary/aromatic N) is 2. The van der Waals surface area contributed by atoms with Gasteiger partial charge in [0.15, 0.2) is 0 Å². The number of methoxy groups -OCH3 is 1. The molecule has 0 saturated carbocycles. The van der Waals surface area contributed by atoms with Gasteiger partial charge in [0.2, 0.25) is 0 Å². The number of fused-ring (bicyclic) bond motifs is 1. The standard InChI is InChI=1S/C14H17N3O/c1-4-16-9-12-11-6-5-10(18-3)7-13(11)17(2)14(12)8-15/h5-7,16H,4,9H2,1-3H3. The van der Waals surface area contributed by atoms with E-state index >= 15 is 0 Å². The van der Waals surface area contributed by atoms with Crippen molar-refractivity contribution in [2.45, 2.75) is 13.5 Å². The van der Waals surface area contributed by atoms with E-state index < -0.39 is 0 Å². The Labute approximate surface area is 107 Å². The Kier molecular flexibility index (Phi) is 3.54. The third-order valence-electron chi connectivity index (χ3n) is 3.17. The van der Waals surface area contributed by atoms with Crippen LogP contribution in [0.3, 0.4) is 0 Å². The molecule has 0 fully saturated rings. The minimum atomic E-state index is 0.708. The van der Waals surface area contributed by atoms with Crippen LogP contribution >= 0.6 is 0 Å². The lowest BCUT2D eigenvalue weighted by Gasteiger charge is -2.02. The number of ether oxygens (including phenoxy) is 1. The summed E-state index contributed by atoms with van der Waals surface area (Å²) >= 11 is 0. The highest BCUT2D eigenvalue weighted by molar-refractivity contribution is 5.87. The second kappa shape index (κ2) is 5.11. The van der Waals surface area contributed by atoms with Crippen LogP contribution in [0.25, 0.3) is 10.9 Å². The predicted octanol–water partition coefficient (Wildman–Crippen LogP) is 2.17. The molecule has 0 bridgehead atoms. The van der Waals surface area contributed by atoms with Crippen LogP contribution in [-0.2, 0) is 13.6 Å². The molecular formula is C14H17N3O. The van der Waals surface area contributed by atoms with Crippen molar-refractivity contribution in [3.63, 3.8) is 0 Å². The first-order valence-corrected chi connectivity index (χ1v) is 5.99. The highest BCUT2D eigenvalue weighted by Gasteiger charge is 2.14. The van der Waals surface area contributed by atoms with Crippen LogP contribution in [0.2, 0.25) is 0 Å². The van der Waals surface area contributed by atoms with E-state index in [4.69, 9.17) is 4.74 Å². The van der Waals surface area contributed by atoms with E-state index in [-0.39, 0.29) is 0 Å². The molecule has 2 aromatic rings. The Hall–Kier alpha value is -1.99. The fraction of sp³-hybridized carbons (Fsp3) is 0.357. The van der Waals surface area contributed by atoms with Crippen LogP contribution in [0.15, 0.2) is 18.2 Å². The van der Waals surface area contributed by atoms with Crippen LogP contribution in [-0.4, -0.2) is 18.2 Å². The monoisotopic (exact) mass is 243 g/mol. The number of nitrogens with one attached hydrogen (secondary N) is 1. The first-order valence-electron chi connectivity index (χ1n) is 5.99. The van der Waals surface area contributed by atoms with Gasteiger partial charge in [0.25, 0.3) is 0 Å². The second-order valence-electron chi connectivity index (χ2n) is 4.16. The zero-order chi connectivity index (χ0) is 13.1. The summed E-state index contributed by atoms with van der Waals surface area (Å²) in [4.78, 5) is 0. The maximum atomic E-state index is 9.30. The number of aryl methyl sites for hydroxylation is 1. The number of benzene rings is 1. The van der Waals surface area contributed by atoms with Gasteiger partial charge in [0, 0.05) is 30.6 Å². The van der Waals surface area contributed by atoms with Gasteiger partial charge in [0.05, 0.1) is 12.6 Å². The summed E-state index contributed by atoms with van der Waals surface area (Å²) in [5, 5.41) is 13.7. The van der Waals surface area contributed by atoms with E-state index in [1.807, 2.05) is 29.8 Å².